The van der Waals surface area contributed by atoms with Crippen molar-refractivity contribution in [2.24, 2.45) is 0 Å². The summed E-state index contributed by atoms with van der Waals surface area (Å²) >= 11 is 0. The first-order valence-corrected chi connectivity index (χ1v) is 9.36. The van der Waals surface area contributed by atoms with Crippen LogP contribution in [0.1, 0.15) is 41.4 Å². The summed E-state index contributed by atoms with van der Waals surface area (Å²) in [6, 6.07) is 11.9. The van der Waals surface area contributed by atoms with E-state index in [1.54, 1.807) is 18.6 Å². The van der Waals surface area contributed by atoms with E-state index in [1.165, 1.54) is 17.3 Å². The fourth-order valence-electron chi connectivity index (χ4n) is 2.74. The molecule has 1 amide bonds. The summed E-state index contributed by atoms with van der Waals surface area (Å²) in [5, 5.41) is 2.86. The molecule has 6 nitrogen and oxygen atoms in total. The predicted molar refractivity (Wildman–Crippen MR) is 112 cm³/mol. The van der Waals surface area contributed by atoms with Crippen molar-refractivity contribution in [3.63, 3.8) is 0 Å². The highest BCUT2D eigenvalue weighted by molar-refractivity contribution is 6.02. The zero-order valence-electron chi connectivity index (χ0n) is 16.5. The van der Waals surface area contributed by atoms with Crippen LogP contribution < -0.4 is 10.2 Å². The summed E-state index contributed by atoms with van der Waals surface area (Å²) < 4.78 is 0. The Kier molecular flexibility index (Phi) is 6.32. The lowest BCUT2D eigenvalue weighted by atomic mass is 10.0. The van der Waals surface area contributed by atoms with Crippen molar-refractivity contribution < 1.29 is 4.79 Å². The normalized spacial score (nSPS) is 10.7. The molecule has 3 aromatic rings. The Labute approximate surface area is 165 Å². The second-order valence-electron chi connectivity index (χ2n) is 7.02. The number of amides is 1. The minimum atomic E-state index is -0.268. The number of aromatic nitrogens is 3. The maximum atomic E-state index is 12.4. The number of pyridine rings is 1. The van der Waals surface area contributed by atoms with Crippen LogP contribution in [0, 0.1) is 0 Å². The molecular formula is C22H25N5O. The second-order valence-corrected chi connectivity index (χ2v) is 7.02. The maximum absolute atomic E-state index is 12.4. The third-order valence-corrected chi connectivity index (χ3v) is 4.58. The molecule has 0 unspecified atom stereocenters. The number of nitrogens with one attached hydrogen (secondary N) is 1. The molecular weight excluding hydrogens is 350 g/mol. The number of rotatable bonds is 7. The van der Waals surface area contributed by atoms with E-state index in [1.807, 2.05) is 48.3 Å². The Balaban J connectivity index is 1.57. The molecule has 6 heteroatoms. The summed E-state index contributed by atoms with van der Waals surface area (Å²) in [4.78, 5) is 27.1. The number of hydrogen-bond donors (Lipinski definition) is 1. The lowest BCUT2D eigenvalue weighted by molar-refractivity contribution is 0.102. The highest BCUT2D eigenvalue weighted by atomic mass is 16.1. The van der Waals surface area contributed by atoms with Gasteiger partial charge in [-0.1, -0.05) is 26.0 Å². The van der Waals surface area contributed by atoms with E-state index in [-0.39, 0.29) is 5.91 Å². The van der Waals surface area contributed by atoms with Crippen LogP contribution in [-0.4, -0.2) is 34.5 Å². The molecule has 0 radical (unpaired) electrons. The number of likely N-dealkylation sites (N-methyl/N-ethyl adjacent to an activating group) is 1. The second kappa shape index (κ2) is 9.08. The van der Waals surface area contributed by atoms with Crippen molar-refractivity contribution in [3.05, 3.63) is 78.0 Å². The van der Waals surface area contributed by atoms with E-state index in [4.69, 9.17) is 0 Å². The minimum absolute atomic E-state index is 0.268. The number of hydrogen-bond acceptors (Lipinski definition) is 5. The van der Waals surface area contributed by atoms with Crippen molar-refractivity contribution in [3.8, 4) is 0 Å². The molecule has 144 valence electrons. The molecule has 2 aromatic heterocycles. The Morgan fingerprint density at radius 2 is 1.75 bits per heavy atom. The van der Waals surface area contributed by atoms with Gasteiger partial charge in [0.1, 0.15) is 11.5 Å². The molecule has 1 N–H and O–H groups in total. The zero-order chi connectivity index (χ0) is 19.9. The van der Waals surface area contributed by atoms with Gasteiger partial charge in [-0.05, 0) is 47.7 Å². The summed E-state index contributed by atoms with van der Waals surface area (Å²) in [6.45, 7) is 5.07. The van der Waals surface area contributed by atoms with Gasteiger partial charge in [-0.25, -0.2) is 9.97 Å². The van der Waals surface area contributed by atoms with Crippen LogP contribution in [0.2, 0.25) is 0 Å². The monoisotopic (exact) mass is 375 g/mol. The molecule has 1 aromatic carbocycles. The molecule has 2 heterocycles. The summed E-state index contributed by atoms with van der Waals surface area (Å²) in [7, 11) is 1.96. The van der Waals surface area contributed by atoms with Gasteiger partial charge >= 0.3 is 0 Å². The van der Waals surface area contributed by atoms with Crippen molar-refractivity contribution in [2.75, 3.05) is 23.8 Å². The average Bonchev–Trinajstić information content (AvgIpc) is 2.73. The number of carbonyl (C=O) groups excluding carboxylic acids is 1. The quantitative estimate of drug-likeness (QED) is 0.678. The van der Waals surface area contributed by atoms with Gasteiger partial charge in [0.15, 0.2) is 0 Å². The van der Waals surface area contributed by atoms with Gasteiger partial charge in [0.05, 0.1) is 12.4 Å². The molecule has 0 saturated heterocycles. The third-order valence-electron chi connectivity index (χ3n) is 4.58. The summed E-state index contributed by atoms with van der Waals surface area (Å²) in [6.07, 6.45) is 7.60. The molecule has 3 rings (SSSR count). The smallest absolute Gasteiger partial charge is 0.275 e. The van der Waals surface area contributed by atoms with Crippen LogP contribution in [0.15, 0.2) is 61.2 Å². The molecule has 0 bridgehead atoms. The van der Waals surface area contributed by atoms with Crippen LogP contribution in [-0.2, 0) is 6.42 Å². The van der Waals surface area contributed by atoms with Crippen molar-refractivity contribution >= 4 is 17.4 Å². The number of anilines is 2. The van der Waals surface area contributed by atoms with Crippen LogP contribution in [0.25, 0.3) is 0 Å². The number of benzene rings is 1. The maximum Gasteiger partial charge on any atom is 0.275 e. The van der Waals surface area contributed by atoms with Gasteiger partial charge in [-0.15, -0.1) is 0 Å². The largest absolute Gasteiger partial charge is 0.358 e. The first-order valence-electron chi connectivity index (χ1n) is 9.36. The van der Waals surface area contributed by atoms with E-state index in [0.717, 1.165) is 24.5 Å². The van der Waals surface area contributed by atoms with Crippen LogP contribution in [0.3, 0.4) is 0 Å². The molecule has 0 aliphatic rings. The molecule has 0 aliphatic heterocycles. The van der Waals surface area contributed by atoms with E-state index < -0.39 is 0 Å². The molecule has 0 spiro atoms. The van der Waals surface area contributed by atoms with Crippen molar-refractivity contribution in [1.82, 2.24) is 15.0 Å². The predicted octanol–water partition coefficient (Wildman–Crippen LogP) is 3.93. The Morgan fingerprint density at radius 3 is 2.36 bits per heavy atom. The number of nitrogens with zero attached hydrogens (tertiary/aromatic N) is 4. The highest BCUT2D eigenvalue weighted by Crippen LogP contribution is 2.17. The topological polar surface area (TPSA) is 71.0 Å². The van der Waals surface area contributed by atoms with Crippen molar-refractivity contribution in [1.29, 1.82) is 0 Å². The first kappa shape index (κ1) is 19.5. The van der Waals surface area contributed by atoms with E-state index in [9.17, 15) is 4.79 Å². The van der Waals surface area contributed by atoms with Crippen LogP contribution >= 0.6 is 0 Å². The minimum Gasteiger partial charge on any atom is -0.358 e. The van der Waals surface area contributed by atoms with Crippen LogP contribution in [0.4, 0.5) is 11.5 Å². The van der Waals surface area contributed by atoms with Gasteiger partial charge in [-0.2, -0.15) is 0 Å². The van der Waals surface area contributed by atoms with E-state index >= 15 is 0 Å². The van der Waals surface area contributed by atoms with Crippen molar-refractivity contribution in [2.45, 2.75) is 26.2 Å². The van der Waals surface area contributed by atoms with Gasteiger partial charge in [-0.3, -0.25) is 9.78 Å². The Bertz CT molecular complexity index is 892. The zero-order valence-corrected chi connectivity index (χ0v) is 16.5. The molecule has 0 fully saturated rings. The first-order chi connectivity index (χ1) is 13.5. The Hall–Kier alpha value is -3.28. The average molecular weight is 375 g/mol. The standard InChI is InChI=1S/C22H25N5O/c1-16(2)18-4-6-19(7-5-18)26-22(28)20-14-25-21(15-24-20)27(3)13-10-17-8-11-23-12-9-17/h4-9,11-12,14-16H,10,13H2,1-3H3,(H,26,28). The fraction of sp³-hybridized carbons (Fsp3) is 0.273. The van der Waals surface area contributed by atoms with E-state index in [0.29, 0.717) is 11.6 Å². The summed E-state index contributed by atoms with van der Waals surface area (Å²) in [5.41, 5.74) is 3.49. The van der Waals surface area contributed by atoms with Gasteiger partial charge in [0.2, 0.25) is 0 Å². The SMILES string of the molecule is CC(C)c1ccc(NC(=O)c2cnc(N(C)CCc3ccncc3)cn2)cc1. The molecule has 0 saturated carbocycles. The third kappa shape index (κ3) is 5.13. The summed E-state index contributed by atoms with van der Waals surface area (Å²) in [5.74, 6) is 0.918. The highest BCUT2D eigenvalue weighted by Gasteiger charge is 2.10. The lowest BCUT2D eigenvalue weighted by Crippen LogP contribution is -2.22. The molecule has 0 atom stereocenters. The van der Waals surface area contributed by atoms with E-state index in [2.05, 4.69) is 34.1 Å². The fourth-order valence-corrected chi connectivity index (χ4v) is 2.74. The van der Waals surface area contributed by atoms with Gasteiger partial charge in [0.25, 0.3) is 5.91 Å². The van der Waals surface area contributed by atoms with Gasteiger partial charge in [0, 0.05) is 31.7 Å². The molecule has 28 heavy (non-hydrogen) atoms. The van der Waals surface area contributed by atoms with Gasteiger partial charge < -0.3 is 10.2 Å². The lowest BCUT2D eigenvalue weighted by Gasteiger charge is -2.17. The van der Waals surface area contributed by atoms with Crippen LogP contribution in [0.5, 0.6) is 0 Å². The Morgan fingerprint density at radius 1 is 1.04 bits per heavy atom. The molecule has 0 aliphatic carbocycles. The number of carbonyl (C=O) groups is 1.